The summed E-state index contributed by atoms with van der Waals surface area (Å²) >= 11 is 3.50. The van der Waals surface area contributed by atoms with E-state index in [-0.39, 0.29) is 19.0 Å². The third-order valence-corrected chi connectivity index (χ3v) is 4.66. The number of hydrogen-bond acceptors (Lipinski definition) is 5. The summed E-state index contributed by atoms with van der Waals surface area (Å²) in [4.78, 5) is 11.9. The molecule has 0 saturated carbocycles. The van der Waals surface area contributed by atoms with Crippen LogP contribution in [0.5, 0.6) is 11.5 Å². The first-order valence-corrected chi connectivity index (χ1v) is 9.37. The number of halogens is 1. The molecule has 1 heterocycles. The molecule has 0 radical (unpaired) electrons. The minimum absolute atomic E-state index is 0.141. The highest BCUT2D eigenvalue weighted by Crippen LogP contribution is 2.28. The highest BCUT2D eigenvalue weighted by atomic mass is 79.9. The van der Waals surface area contributed by atoms with Gasteiger partial charge in [-0.3, -0.25) is 9.48 Å². The predicted octanol–water partition coefficient (Wildman–Crippen LogP) is 4.03. The number of carbonyl (C=O) groups is 1. The van der Waals surface area contributed by atoms with E-state index >= 15 is 0 Å². The van der Waals surface area contributed by atoms with Crippen LogP contribution >= 0.6 is 15.9 Å². The molecule has 0 bridgehead atoms. The Morgan fingerprint density at radius 2 is 2.04 bits per heavy atom. The average molecular weight is 433 g/mol. The van der Waals surface area contributed by atoms with Crippen molar-refractivity contribution in [2.24, 2.45) is 7.05 Å². The average Bonchev–Trinajstić information content (AvgIpc) is 2.96. The van der Waals surface area contributed by atoms with Crippen LogP contribution in [0.3, 0.4) is 0 Å². The molecule has 2 aromatic carbocycles. The molecule has 0 aliphatic carbocycles. The quantitative estimate of drug-likeness (QED) is 0.527. The standard InChI is InChI=1S/C20H21BrN2O4/c1-4-26-20(24)9-13-5-7-15(25-3)11-19(13)27-12-17-16-10-14(21)6-8-18(16)23(2)22-17/h5-8,10-11H,4,9,12H2,1-3H3. The number of aryl methyl sites for hydroxylation is 1. The second-order valence-electron chi connectivity index (χ2n) is 5.98. The summed E-state index contributed by atoms with van der Waals surface area (Å²) in [6, 6.07) is 11.4. The van der Waals surface area contributed by atoms with Gasteiger partial charge in [-0.05, 0) is 31.2 Å². The van der Waals surface area contributed by atoms with Gasteiger partial charge in [0.2, 0.25) is 0 Å². The molecule has 7 heteroatoms. The van der Waals surface area contributed by atoms with Crippen LogP contribution in [0, 0.1) is 0 Å². The van der Waals surface area contributed by atoms with Gasteiger partial charge in [-0.25, -0.2) is 0 Å². The Kier molecular flexibility index (Phi) is 6.01. The Morgan fingerprint density at radius 3 is 2.78 bits per heavy atom. The van der Waals surface area contributed by atoms with Crippen LogP contribution in [0.2, 0.25) is 0 Å². The molecule has 3 aromatic rings. The van der Waals surface area contributed by atoms with Gasteiger partial charge in [0.25, 0.3) is 0 Å². The molecule has 0 atom stereocenters. The monoisotopic (exact) mass is 432 g/mol. The molecular formula is C20H21BrN2O4. The largest absolute Gasteiger partial charge is 0.497 e. The summed E-state index contributed by atoms with van der Waals surface area (Å²) in [6.45, 7) is 2.41. The van der Waals surface area contributed by atoms with E-state index in [1.165, 1.54) is 0 Å². The second kappa shape index (κ2) is 8.43. The fourth-order valence-electron chi connectivity index (χ4n) is 2.87. The summed E-state index contributed by atoms with van der Waals surface area (Å²) in [7, 11) is 3.49. The number of fused-ring (bicyclic) bond motifs is 1. The van der Waals surface area contributed by atoms with Crippen LogP contribution in [0.15, 0.2) is 40.9 Å². The smallest absolute Gasteiger partial charge is 0.310 e. The van der Waals surface area contributed by atoms with Crippen LogP contribution in [0.1, 0.15) is 18.2 Å². The maximum Gasteiger partial charge on any atom is 0.310 e. The number of hydrogen-bond donors (Lipinski definition) is 0. The van der Waals surface area contributed by atoms with Crippen molar-refractivity contribution in [3.63, 3.8) is 0 Å². The van der Waals surface area contributed by atoms with Crippen molar-refractivity contribution in [2.75, 3.05) is 13.7 Å². The maximum atomic E-state index is 11.9. The first kappa shape index (κ1) is 19.2. The maximum absolute atomic E-state index is 11.9. The van der Waals surface area contributed by atoms with Crippen molar-refractivity contribution < 1.29 is 19.0 Å². The first-order valence-electron chi connectivity index (χ1n) is 8.58. The van der Waals surface area contributed by atoms with Crippen molar-refractivity contribution in [1.29, 1.82) is 0 Å². The SMILES string of the molecule is CCOC(=O)Cc1ccc(OC)cc1OCc1nn(C)c2ccc(Br)cc12. The molecular weight excluding hydrogens is 412 g/mol. The zero-order chi connectivity index (χ0) is 19.4. The second-order valence-corrected chi connectivity index (χ2v) is 6.89. The van der Waals surface area contributed by atoms with Gasteiger partial charge in [-0.1, -0.05) is 22.0 Å². The van der Waals surface area contributed by atoms with E-state index in [0.29, 0.717) is 18.1 Å². The lowest BCUT2D eigenvalue weighted by Crippen LogP contribution is -2.09. The van der Waals surface area contributed by atoms with Gasteiger partial charge < -0.3 is 14.2 Å². The third kappa shape index (κ3) is 4.42. The van der Waals surface area contributed by atoms with Crippen molar-refractivity contribution in [3.05, 3.63) is 52.1 Å². The Labute approximate surface area is 166 Å². The molecule has 0 unspecified atom stereocenters. The van der Waals surface area contributed by atoms with Gasteiger partial charge in [-0.2, -0.15) is 5.10 Å². The lowest BCUT2D eigenvalue weighted by molar-refractivity contribution is -0.142. The number of esters is 1. The fourth-order valence-corrected chi connectivity index (χ4v) is 3.23. The number of aromatic nitrogens is 2. The van der Waals surface area contributed by atoms with E-state index in [1.807, 2.05) is 36.0 Å². The number of carbonyl (C=O) groups excluding carboxylic acids is 1. The van der Waals surface area contributed by atoms with Gasteiger partial charge in [0.15, 0.2) is 0 Å². The van der Waals surface area contributed by atoms with Gasteiger partial charge in [0, 0.05) is 28.5 Å². The molecule has 0 fully saturated rings. The lowest BCUT2D eigenvalue weighted by Gasteiger charge is -2.12. The highest BCUT2D eigenvalue weighted by Gasteiger charge is 2.14. The van der Waals surface area contributed by atoms with E-state index in [0.717, 1.165) is 26.6 Å². The fraction of sp³-hybridized carbons (Fsp3) is 0.300. The molecule has 27 heavy (non-hydrogen) atoms. The van der Waals surface area contributed by atoms with Crippen LogP contribution < -0.4 is 9.47 Å². The molecule has 0 spiro atoms. The molecule has 0 N–H and O–H groups in total. The first-order chi connectivity index (χ1) is 13.0. The summed E-state index contributed by atoms with van der Waals surface area (Å²) in [5.41, 5.74) is 2.59. The van der Waals surface area contributed by atoms with Gasteiger partial charge >= 0.3 is 5.97 Å². The zero-order valence-electron chi connectivity index (χ0n) is 15.5. The minimum atomic E-state index is -0.292. The summed E-state index contributed by atoms with van der Waals surface area (Å²) in [5, 5.41) is 5.57. The number of methoxy groups -OCH3 is 1. The van der Waals surface area contributed by atoms with Crippen molar-refractivity contribution in [3.8, 4) is 11.5 Å². The predicted molar refractivity (Wildman–Crippen MR) is 106 cm³/mol. The molecule has 0 aliphatic heterocycles. The van der Waals surface area contributed by atoms with Crippen LogP contribution in [-0.4, -0.2) is 29.5 Å². The molecule has 1 aromatic heterocycles. The third-order valence-electron chi connectivity index (χ3n) is 4.17. The number of benzene rings is 2. The molecule has 0 aliphatic rings. The van der Waals surface area contributed by atoms with Crippen LogP contribution in [0.4, 0.5) is 0 Å². The molecule has 6 nitrogen and oxygen atoms in total. The van der Waals surface area contributed by atoms with Crippen LogP contribution in [-0.2, 0) is 29.6 Å². The Bertz CT molecular complexity index is 968. The highest BCUT2D eigenvalue weighted by molar-refractivity contribution is 9.10. The zero-order valence-corrected chi connectivity index (χ0v) is 17.1. The number of nitrogens with zero attached hydrogens (tertiary/aromatic N) is 2. The van der Waals surface area contributed by atoms with Gasteiger partial charge in [0.05, 0.1) is 25.7 Å². The lowest BCUT2D eigenvalue weighted by atomic mass is 10.1. The Hall–Kier alpha value is -2.54. The molecule has 142 valence electrons. The van der Waals surface area contributed by atoms with E-state index in [1.54, 1.807) is 26.2 Å². The van der Waals surface area contributed by atoms with Crippen molar-refractivity contribution in [1.82, 2.24) is 9.78 Å². The van der Waals surface area contributed by atoms with Crippen molar-refractivity contribution in [2.45, 2.75) is 20.0 Å². The van der Waals surface area contributed by atoms with E-state index < -0.39 is 0 Å². The van der Waals surface area contributed by atoms with E-state index in [4.69, 9.17) is 14.2 Å². The molecule has 3 rings (SSSR count). The normalized spacial score (nSPS) is 10.8. The summed E-state index contributed by atoms with van der Waals surface area (Å²) < 4.78 is 19.2. The van der Waals surface area contributed by atoms with Gasteiger partial charge in [0.1, 0.15) is 23.8 Å². The summed E-state index contributed by atoms with van der Waals surface area (Å²) in [5.74, 6) is 0.946. The minimum Gasteiger partial charge on any atom is -0.497 e. The van der Waals surface area contributed by atoms with E-state index in [9.17, 15) is 4.79 Å². The van der Waals surface area contributed by atoms with E-state index in [2.05, 4.69) is 21.0 Å². The van der Waals surface area contributed by atoms with Gasteiger partial charge in [-0.15, -0.1) is 0 Å². The Balaban J connectivity index is 1.86. The number of ether oxygens (including phenoxy) is 3. The topological polar surface area (TPSA) is 62.6 Å². The summed E-state index contributed by atoms with van der Waals surface area (Å²) in [6.07, 6.45) is 0.141. The van der Waals surface area contributed by atoms with Crippen LogP contribution in [0.25, 0.3) is 10.9 Å². The number of rotatable bonds is 7. The molecule has 0 saturated heterocycles. The molecule has 0 amide bonds. The van der Waals surface area contributed by atoms with Crippen molar-refractivity contribution >= 4 is 32.8 Å². The Morgan fingerprint density at radius 1 is 1.22 bits per heavy atom.